The lowest BCUT2D eigenvalue weighted by atomic mass is 10.0. The summed E-state index contributed by atoms with van der Waals surface area (Å²) in [5.41, 5.74) is 2.64. The molecule has 0 aliphatic heterocycles. The van der Waals surface area contributed by atoms with Crippen molar-refractivity contribution in [1.82, 2.24) is 14.8 Å². The van der Waals surface area contributed by atoms with E-state index in [1.54, 1.807) is 29.9 Å². The smallest absolute Gasteiger partial charge is 0.429 e. The zero-order valence-corrected chi connectivity index (χ0v) is 19.3. The van der Waals surface area contributed by atoms with E-state index in [1.807, 2.05) is 12.3 Å². The number of alkyl halides is 3. The predicted molar refractivity (Wildman–Crippen MR) is 121 cm³/mol. The quantitative estimate of drug-likeness (QED) is 0.263. The van der Waals surface area contributed by atoms with Crippen LogP contribution in [-0.4, -0.2) is 27.0 Å². The zero-order valence-electron chi connectivity index (χ0n) is 17.7. The first-order valence-electron chi connectivity index (χ1n) is 9.83. The molecule has 0 aliphatic carbocycles. The van der Waals surface area contributed by atoms with E-state index < -0.39 is 18.1 Å². The maximum Gasteiger partial charge on any atom is 0.429 e. The first kappa shape index (κ1) is 23.3. The fraction of sp³-hybridized carbons (Fsp3) is 0.217. The molecule has 0 aliphatic rings. The van der Waals surface area contributed by atoms with E-state index >= 15 is 0 Å². The van der Waals surface area contributed by atoms with Gasteiger partial charge in [-0.15, -0.1) is 11.3 Å². The molecule has 0 N–H and O–H groups in total. The van der Waals surface area contributed by atoms with E-state index in [4.69, 9.17) is 11.6 Å². The number of benzene rings is 2. The summed E-state index contributed by atoms with van der Waals surface area (Å²) in [6.07, 6.45) is -6.34. The van der Waals surface area contributed by atoms with Gasteiger partial charge in [0, 0.05) is 7.05 Å². The summed E-state index contributed by atoms with van der Waals surface area (Å²) in [4.78, 5) is 5.33. The maximum atomic E-state index is 14.3. The number of halogens is 5. The minimum absolute atomic E-state index is 0.130. The molecule has 0 saturated heterocycles. The van der Waals surface area contributed by atoms with Crippen molar-refractivity contribution in [1.29, 1.82) is 0 Å². The first-order valence-corrected chi connectivity index (χ1v) is 11.1. The molecule has 1 unspecified atom stereocenters. The molecule has 2 heterocycles. The Morgan fingerprint density at radius 2 is 1.85 bits per heavy atom. The molecule has 2 aromatic carbocycles. The molecule has 4 rings (SSSR count). The molecule has 4 nitrogen and oxygen atoms in total. The molecule has 10 heteroatoms. The molecule has 172 valence electrons. The normalized spacial score (nSPS) is 12.7. The average Bonchev–Trinajstić information content (AvgIpc) is 3.30. The SMILES string of the molecule is Cc1c(-c2ccc(OC(F)(F)C(C)F)cc2)csc1-c1nc(-c2c(F)cccc2Cl)nn1C. The van der Waals surface area contributed by atoms with Gasteiger partial charge < -0.3 is 4.74 Å². The van der Waals surface area contributed by atoms with Gasteiger partial charge in [0.05, 0.1) is 15.5 Å². The number of hydrogen-bond acceptors (Lipinski definition) is 4. The second-order valence-corrected chi connectivity index (χ2v) is 8.67. The summed E-state index contributed by atoms with van der Waals surface area (Å²) in [6, 6.07) is 10.3. The van der Waals surface area contributed by atoms with Crippen LogP contribution in [0.1, 0.15) is 12.5 Å². The Morgan fingerprint density at radius 3 is 2.48 bits per heavy atom. The molecule has 1 atom stereocenters. The van der Waals surface area contributed by atoms with Crippen LogP contribution in [0.15, 0.2) is 47.8 Å². The van der Waals surface area contributed by atoms with Crippen molar-refractivity contribution in [3.63, 3.8) is 0 Å². The molecule has 0 fully saturated rings. The minimum atomic E-state index is -3.91. The molecular weight excluding hydrogens is 478 g/mol. The lowest BCUT2D eigenvalue weighted by Crippen LogP contribution is -2.34. The zero-order chi connectivity index (χ0) is 23.9. The largest absolute Gasteiger partial charge is 0.430 e. The van der Waals surface area contributed by atoms with Gasteiger partial charge in [-0.1, -0.05) is 29.8 Å². The Hall–Kier alpha value is -2.91. The fourth-order valence-corrected chi connectivity index (χ4v) is 4.63. The third kappa shape index (κ3) is 4.47. The van der Waals surface area contributed by atoms with E-state index in [-0.39, 0.29) is 22.2 Å². The minimum Gasteiger partial charge on any atom is -0.430 e. The Balaban J connectivity index is 1.65. The van der Waals surface area contributed by atoms with Crippen LogP contribution in [0, 0.1) is 12.7 Å². The third-order valence-corrected chi connectivity index (χ3v) is 6.47. The van der Waals surface area contributed by atoms with Gasteiger partial charge in [-0.2, -0.15) is 13.9 Å². The molecule has 0 amide bonds. The van der Waals surface area contributed by atoms with Crippen molar-refractivity contribution < 1.29 is 22.3 Å². The molecule has 0 spiro atoms. The second kappa shape index (κ2) is 8.79. The summed E-state index contributed by atoms with van der Waals surface area (Å²) < 4.78 is 60.3. The number of aromatic nitrogens is 3. The van der Waals surface area contributed by atoms with Crippen LogP contribution >= 0.6 is 22.9 Å². The van der Waals surface area contributed by atoms with Gasteiger partial charge in [0.1, 0.15) is 11.6 Å². The first-order chi connectivity index (χ1) is 15.6. The monoisotopic (exact) mass is 495 g/mol. The molecule has 2 aromatic heterocycles. The van der Waals surface area contributed by atoms with Gasteiger partial charge in [0.2, 0.25) is 6.17 Å². The molecular formula is C23H18ClF4N3OS. The van der Waals surface area contributed by atoms with Crippen molar-refractivity contribution in [3.8, 4) is 39.0 Å². The average molecular weight is 496 g/mol. The fourth-order valence-electron chi connectivity index (χ4n) is 3.26. The molecule has 0 radical (unpaired) electrons. The van der Waals surface area contributed by atoms with Crippen molar-refractivity contribution in [3.05, 3.63) is 64.2 Å². The number of thiophene rings is 1. The number of ether oxygens (including phenoxy) is 1. The van der Waals surface area contributed by atoms with E-state index in [0.29, 0.717) is 5.82 Å². The van der Waals surface area contributed by atoms with Crippen LogP contribution in [-0.2, 0) is 7.05 Å². The highest BCUT2D eigenvalue weighted by Gasteiger charge is 2.39. The van der Waals surface area contributed by atoms with Crippen LogP contribution in [0.25, 0.3) is 33.2 Å². The third-order valence-electron chi connectivity index (χ3n) is 5.07. The Bertz CT molecular complexity index is 1280. The summed E-state index contributed by atoms with van der Waals surface area (Å²) in [6.45, 7) is 2.64. The molecule has 0 saturated carbocycles. The summed E-state index contributed by atoms with van der Waals surface area (Å²) >= 11 is 7.57. The standard InChI is InChI=1S/C23H18ClF4N3OS/c1-12-16(14-7-9-15(10-8-14)32-23(27,28)13(2)25)11-33-20(12)22-29-21(30-31(22)3)19-17(24)5-4-6-18(19)26/h4-11,13H,1-3H3. The lowest BCUT2D eigenvalue weighted by Gasteiger charge is -2.19. The van der Waals surface area contributed by atoms with Crippen molar-refractivity contribution in [2.45, 2.75) is 26.1 Å². The summed E-state index contributed by atoms with van der Waals surface area (Å²) in [7, 11) is 1.71. The maximum absolute atomic E-state index is 14.3. The van der Waals surface area contributed by atoms with Crippen LogP contribution in [0.5, 0.6) is 5.75 Å². The van der Waals surface area contributed by atoms with Crippen LogP contribution in [0.4, 0.5) is 17.6 Å². The topological polar surface area (TPSA) is 39.9 Å². The van der Waals surface area contributed by atoms with E-state index in [1.165, 1.54) is 35.6 Å². The van der Waals surface area contributed by atoms with Crippen molar-refractivity contribution in [2.24, 2.45) is 7.05 Å². The highest BCUT2D eigenvalue weighted by atomic mass is 35.5. The van der Waals surface area contributed by atoms with Crippen LogP contribution in [0.2, 0.25) is 5.02 Å². The van der Waals surface area contributed by atoms with Gasteiger partial charge in [-0.3, -0.25) is 0 Å². The van der Waals surface area contributed by atoms with Gasteiger partial charge >= 0.3 is 6.11 Å². The highest BCUT2D eigenvalue weighted by molar-refractivity contribution is 7.14. The summed E-state index contributed by atoms with van der Waals surface area (Å²) in [5, 5.41) is 6.45. The molecule has 33 heavy (non-hydrogen) atoms. The summed E-state index contributed by atoms with van der Waals surface area (Å²) in [5.74, 6) is 0.0587. The number of rotatable bonds is 6. The second-order valence-electron chi connectivity index (χ2n) is 7.39. The Labute approximate surface area is 196 Å². The van der Waals surface area contributed by atoms with Crippen molar-refractivity contribution in [2.75, 3.05) is 0 Å². The Kier molecular flexibility index (Phi) is 6.20. The molecule has 4 aromatic rings. The van der Waals surface area contributed by atoms with Gasteiger partial charge in [-0.05, 0) is 60.2 Å². The number of hydrogen-bond donors (Lipinski definition) is 0. The van der Waals surface area contributed by atoms with Gasteiger partial charge in [0.15, 0.2) is 11.6 Å². The van der Waals surface area contributed by atoms with Crippen molar-refractivity contribution >= 4 is 22.9 Å². The lowest BCUT2D eigenvalue weighted by molar-refractivity contribution is -0.215. The van der Waals surface area contributed by atoms with E-state index in [0.717, 1.165) is 28.5 Å². The number of aryl methyl sites for hydroxylation is 1. The van der Waals surface area contributed by atoms with E-state index in [9.17, 15) is 17.6 Å². The molecule has 0 bridgehead atoms. The van der Waals surface area contributed by atoms with Gasteiger partial charge in [-0.25, -0.2) is 18.4 Å². The van der Waals surface area contributed by atoms with E-state index in [2.05, 4.69) is 14.8 Å². The highest BCUT2D eigenvalue weighted by Crippen LogP contribution is 2.39. The van der Waals surface area contributed by atoms with Crippen LogP contribution in [0.3, 0.4) is 0 Å². The van der Waals surface area contributed by atoms with Crippen LogP contribution < -0.4 is 4.74 Å². The number of nitrogens with zero attached hydrogens (tertiary/aromatic N) is 3. The van der Waals surface area contributed by atoms with Gasteiger partial charge in [0.25, 0.3) is 0 Å². The Morgan fingerprint density at radius 1 is 1.15 bits per heavy atom. The predicted octanol–water partition coefficient (Wildman–Crippen LogP) is 7.31.